The summed E-state index contributed by atoms with van der Waals surface area (Å²) in [6, 6.07) is 7.95. The lowest BCUT2D eigenvalue weighted by Crippen LogP contribution is -2.50. The minimum absolute atomic E-state index is 0.316. The van der Waals surface area contributed by atoms with Gasteiger partial charge in [0.05, 0.1) is 6.61 Å². The highest BCUT2D eigenvalue weighted by Crippen LogP contribution is 2.42. The number of carbonyl (C=O) groups is 1. The number of benzene rings is 1. The summed E-state index contributed by atoms with van der Waals surface area (Å²) >= 11 is 0. The summed E-state index contributed by atoms with van der Waals surface area (Å²) in [5.74, 6) is 0.606. The molecule has 0 aliphatic heterocycles. The fraction of sp³-hybridized carbons (Fsp3) is 0.550. The first kappa shape index (κ1) is 20.5. The molecule has 0 atom stereocenters. The quantitative estimate of drug-likeness (QED) is 0.337. The van der Waals surface area contributed by atoms with E-state index in [-0.39, 0.29) is 5.97 Å². The zero-order valence-corrected chi connectivity index (χ0v) is 17.1. The molecular formula is C20H32O3Si. The van der Waals surface area contributed by atoms with Crippen molar-refractivity contribution in [1.82, 2.24) is 0 Å². The molecule has 3 nitrogen and oxygen atoms in total. The van der Waals surface area contributed by atoms with E-state index in [9.17, 15) is 4.79 Å². The molecule has 0 spiro atoms. The van der Waals surface area contributed by atoms with E-state index in [1.165, 1.54) is 6.08 Å². The van der Waals surface area contributed by atoms with Crippen molar-refractivity contribution in [2.24, 2.45) is 0 Å². The van der Waals surface area contributed by atoms with Crippen LogP contribution in [0.3, 0.4) is 0 Å². The van der Waals surface area contributed by atoms with E-state index in [0.717, 1.165) is 11.3 Å². The molecule has 0 heterocycles. The van der Waals surface area contributed by atoms with Gasteiger partial charge < -0.3 is 9.16 Å². The molecule has 0 radical (unpaired) electrons. The minimum Gasteiger partial charge on any atom is -0.543 e. The average molecular weight is 349 g/mol. The van der Waals surface area contributed by atoms with Crippen molar-refractivity contribution < 1.29 is 14.0 Å². The highest BCUT2D eigenvalue weighted by molar-refractivity contribution is 6.78. The van der Waals surface area contributed by atoms with Crippen LogP contribution in [-0.4, -0.2) is 20.9 Å². The molecule has 0 aliphatic carbocycles. The molecule has 0 aromatic heterocycles. The molecule has 0 unspecified atom stereocenters. The molecule has 1 aromatic carbocycles. The SMILES string of the molecule is CCOC(=O)C=Cc1ccc(O[Si](C(C)C)(C(C)C)C(C)C)cc1. The van der Waals surface area contributed by atoms with Crippen LogP contribution in [0.1, 0.15) is 54.0 Å². The number of rotatable bonds is 8. The zero-order valence-electron chi connectivity index (χ0n) is 16.1. The maximum absolute atomic E-state index is 11.4. The van der Waals surface area contributed by atoms with E-state index >= 15 is 0 Å². The summed E-state index contributed by atoms with van der Waals surface area (Å²) in [7, 11) is -1.93. The summed E-state index contributed by atoms with van der Waals surface area (Å²) in [6.07, 6.45) is 3.22. The van der Waals surface area contributed by atoms with Crippen LogP contribution < -0.4 is 4.43 Å². The second-order valence-electron chi connectivity index (χ2n) is 7.07. The van der Waals surface area contributed by atoms with E-state index < -0.39 is 8.32 Å². The van der Waals surface area contributed by atoms with E-state index in [4.69, 9.17) is 9.16 Å². The van der Waals surface area contributed by atoms with Crippen molar-refractivity contribution in [1.29, 1.82) is 0 Å². The molecule has 0 bridgehead atoms. The number of carbonyl (C=O) groups excluding carboxylic acids is 1. The molecular weight excluding hydrogens is 316 g/mol. The van der Waals surface area contributed by atoms with Gasteiger partial charge in [-0.05, 0) is 47.3 Å². The number of hydrogen-bond donors (Lipinski definition) is 0. The number of esters is 1. The van der Waals surface area contributed by atoms with E-state index in [1.807, 2.05) is 24.3 Å². The standard InChI is InChI=1S/C20H32O3Si/c1-8-22-20(21)14-11-18-9-12-19(13-10-18)23-24(15(2)3,16(4)5)17(6)7/h9-17H,8H2,1-7H3. The Balaban J connectivity index is 2.94. The van der Waals surface area contributed by atoms with Gasteiger partial charge in [-0.1, -0.05) is 53.7 Å². The summed E-state index contributed by atoms with van der Waals surface area (Å²) in [5, 5.41) is 0. The first-order valence-corrected chi connectivity index (χ1v) is 11.0. The summed E-state index contributed by atoms with van der Waals surface area (Å²) in [4.78, 5) is 11.4. The molecule has 0 aliphatic rings. The average Bonchev–Trinajstić information content (AvgIpc) is 2.51. The Morgan fingerprint density at radius 1 is 1.00 bits per heavy atom. The van der Waals surface area contributed by atoms with Crippen LogP contribution in [-0.2, 0) is 9.53 Å². The van der Waals surface area contributed by atoms with Gasteiger partial charge in [-0.25, -0.2) is 4.79 Å². The summed E-state index contributed by atoms with van der Waals surface area (Å²) in [5.41, 5.74) is 2.59. The molecule has 4 heteroatoms. The van der Waals surface area contributed by atoms with Gasteiger partial charge in [0, 0.05) is 6.08 Å². The smallest absolute Gasteiger partial charge is 0.330 e. The lowest BCUT2D eigenvalue weighted by Gasteiger charge is -2.42. The first-order chi connectivity index (χ1) is 11.2. The second kappa shape index (κ2) is 9.07. The molecule has 0 N–H and O–H groups in total. The lowest BCUT2D eigenvalue weighted by atomic mass is 10.2. The predicted molar refractivity (Wildman–Crippen MR) is 104 cm³/mol. The molecule has 0 saturated heterocycles. The van der Waals surface area contributed by atoms with Gasteiger partial charge >= 0.3 is 5.97 Å². The van der Waals surface area contributed by atoms with Gasteiger partial charge in [0.25, 0.3) is 8.32 Å². The largest absolute Gasteiger partial charge is 0.543 e. The Morgan fingerprint density at radius 3 is 1.92 bits per heavy atom. The third kappa shape index (κ3) is 4.97. The number of hydrogen-bond acceptors (Lipinski definition) is 3. The van der Waals surface area contributed by atoms with Crippen molar-refractivity contribution in [2.45, 2.75) is 65.1 Å². The van der Waals surface area contributed by atoms with Crippen molar-refractivity contribution in [3.05, 3.63) is 35.9 Å². The molecule has 0 saturated carbocycles. The van der Waals surface area contributed by atoms with Crippen molar-refractivity contribution in [3.8, 4) is 5.75 Å². The van der Waals surface area contributed by atoms with Gasteiger partial charge in [-0.2, -0.15) is 0 Å². The maximum Gasteiger partial charge on any atom is 0.330 e. The third-order valence-corrected chi connectivity index (χ3v) is 10.6. The molecule has 134 valence electrons. The fourth-order valence-electron chi connectivity index (χ4n) is 3.56. The monoisotopic (exact) mass is 348 g/mol. The Hall–Kier alpha value is -1.55. The van der Waals surface area contributed by atoms with Crippen LogP contribution in [0.5, 0.6) is 5.75 Å². The fourth-order valence-corrected chi connectivity index (χ4v) is 8.81. The predicted octanol–water partition coefficient (Wildman–Crippen LogP) is 5.82. The molecule has 1 rings (SSSR count). The molecule has 1 aromatic rings. The molecule has 24 heavy (non-hydrogen) atoms. The third-order valence-electron chi connectivity index (χ3n) is 4.58. The molecule has 0 amide bonds. The van der Waals surface area contributed by atoms with Crippen molar-refractivity contribution in [2.75, 3.05) is 6.61 Å². The Morgan fingerprint density at radius 2 is 1.50 bits per heavy atom. The van der Waals surface area contributed by atoms with Crippen LogP contribution in [0.25, 0.3) is 6.08 Å². The van der Waals surface area contributed by atoms with Crippen molar-refractivity contribution >= 4 is 20.4 Å². The van der Waals surface area contributed by atoms with Crippen LogP contribution in [0.2, 0.25) is 16.6 Å². The van der Waals surface area contributed by atoms with Crippen LogP contribution in [0, 0.1) is 0 Å². The zero-order chi connectivity index (χ0) is 18.3. The van der Waals surface area contributed by atoms with Crippen LogP contribution in [0.15, 0.2) is 30.3 Å². The van der Waals surface area contributed by atoms with Crippen LogP contribution >= 0.6 is 0 Å². The van der Waals surface area contributed by atoms with Gasteiger partial charge in [-0.15, -0.1) is 0 Å². The highest BCUT2D eigenvalue weighted by Gasteiger charge is 2.46. The topological polar surface area (TPSA) is 35.5 Å². The Kier molecular flexibility index (Phi) is 7.74. The lowest BCUT2D eigenvalue weighted by molar-refractivity contribution is -0.137. The summed E-state index contributed by atoms with van der Waals surface area (Å²) in [6.45, 7) is 15.9. The van der Waals surface area contributed by atoms with E-state index in [1.54, 1.807) is 13.0 Å². The maximum atomic E-state index is 11.4. The first-order valence-electron chi connectivity index (χ1n) is 8.87. The van der Waals surface area contributed by atoms with Gasteiger partial charge in [0.2, 0.25) is 0 Å². The van der Waals surface area contributed by atoms with Crippen LogP contribution in [0.4, 0.5) is 0 Å². The van der Waals surface area contributed by atoms with E-state index in [0.29, 0.717) is 23.2 Å². The van der Waals surface area contributed by atoms with Gasteiger partial charge in [0.15, 0.2) is 0 Å². The minimum atomic E-state index is -1.93. The van der Waals surface area contributed by atoms with Crippen molar-refractivity contribution in [3.63, 3.8) is 0 Å². The molecule has 0 fully saturated rings. The highest BCUT2D eigenvalue weighted by atomic mass is 28.4. The van der Waals surface area contributed by atoms with Gasteiger partial charge in [-0.3, -0.25) is 0 Å². The normalized spacial score (nSPS) is 12.4. The second-order valence-corrected chi connectivity index (χ2v) is 12.4. The Bertz CT molecular complexity index is 523. The summed E-state index contributed by atoms with van der Waals surface area (Å²) < 4.78 is 11.5. The Labute approximate surface area is 148 Å². The number of ether oxygens (including phenoxy) is 1. The van der Waals surface area contributed by atoms with Gasteiger partial charge in [0.1, 0.15) is 5.75 Å². The van der Waals surface area contributed by atoms with E-state index in [2.05, 4.69) is 41.5 Å².